The van der Waals surface area contributed by atoms with E-state index in [1.807, 2.05) is 18.2 Å². The highest BCUT2D eigenvalue weighted by Gasteiger charge is 2.22. The lowest BCUT2D eigenvalue weighted by molar-refractivity contribution is 0.0947. The molecular formula is C20H24N4O. The van der Waals surface area contributed by atoms with Crippen molar-refractivity contribution >= 4 is 17.8 Å². The van der Waals surface area contributed by atoms with Gasteiger partial charge in [-0.1, -0.05) is 42.5 Å². The molecule has 0 radical (unpaired) electrons. The fraction of sp³-hybridized carbons (Fsp3) is 0.300. The number of nitrogens with one attached hydrogen (secondary N) is 1. The van der Waals surface area contributed by atoms with Crippen LogP contribution in [0.1, 0.15) is 22.3 Å². The van der Waals surface area contributed by atoms with Gasteiger partial charge in [0.1, 0.15) is 5.82 Å². The van der Waals surface area contributed by atoms with Crippen LogP contribution >= 0.6 is 0 Å². The Morgan fingerprint density at radius 1 is 1.32 bits per heavy atom. The van der Waals surface area contributed by atoms with Crippen LogP contribution in [-0.2, 0) is 0 Å². The molecule has 5 heteroatoms. The van der Waals surface area contributed by atoms with Crippen molar-refractivity contribution in [2.24, 2.45) is 5.92 Å². The normalized spacial score (nSPS) is 17.8. The van der Waals surface area contributed by atoms with Gasteiger partial charge in [-0.25, -0.2) is 4.98 Å². The molecule has 1 aliphatic heterocycles. The maximum atomic E-state index is 12.1. The van der Waals surface area contributed by atoms with E-state index in [9.17, 15) is 4.79 Å². The van der Waals surface area contributed by atoms with Gasteiger partial charge >= 0.3 is 0 Å². The largest absolute Gasteiger partial charge is 0.384 e. The van der Waals surface area contributed by atoms with Crippen LogP contribution < -0.4 is 11.1 Å². The maximum Gasteiger partial charge on any atom is 0.251 e. The van der Waals surface area contributed by atoms with Gasteiger partial charge in [0.2, 0.25) is 0 Å². The number of carbonyl (C=O) groups is 1. The molecule has 3 N–H and O–H groups in total. The van der Waals surface area contributed by atoms with E-state index in [-0.39, 0.29) is 5.91 Å². The summed E-state index contributed by atoms with van der Waals surface area (Å²) in [5.74, 6) is 0.773. The highest BCUT2D eigenvalue weighted by Crippen LogP contribution is 2.15. The summed E-state index contributed by atoms with van der Waals surface area (Å²) in [6.45, 7) is 3.72. The van der Waals surface area contributed by atoms with Crippen LogP contribution in [0.15, 0.2) is 54.7 Å². The smallest absolute Gasteiger partial charge is 0.251 e. The second-order valence-electron chi connectivity index (χ2n) is 6.41. The van der Waals surface area contributed by atoms with E-state index >= 15 is 0 Å². The lowest BCUT2D eigenvalue weighted by Crippen LogP contribution is -2.31. The summed E-state index contributed by atoms with van der Waals surface area (Å²) in [7, 11) is 0. The van der Waals surface area contributed by atoms with Crippen LogP contribution in [0.3, 0.4) is 0 Å². The summed E-state index contributed by atoms with van der Waals surface area (Å²) < 4.78 is 0. The third kappa shape index (κ3) is 5.16. The minimum atomic E-state index is -0.0866. The lowest BCUT2D eigenvalue weighted by atomic mass is 10.1. The number of nitrogens with zero attached hydrogens (tertiary/aromatic N) is 2. The maximum absolute atomic E-state index is 12.1. The van der Waals surface area contributed by atoms with Gasteiger partial charge in [0.15, 0.2) is 0 Å². The van der Waals surface area contributed by atoms with Crippen LogP contribution in [0.25, 0.3) is 6.08 Å². The third-order valence-corrected chi connectivity index (χ3v) is 4.44. The highest BCUT2D eigenvalue weighted by molar-refractivity contribution is 5.94. The zero-order valence-corrected chi connectivity index (χ0v) is 14.3. The molecular weight excluding hydrogens is 312 g/mol. The van der Waals surface area contributed by atoms with Crippen molar-refractivity contribution < 1.29 is 4.79 Å². The van der Waals surface area contributed by atoms with Crippen molar-refractivity contribution in [1.29, 1.82) is 0 Å². The molecule has 1 amide bonds. The molecule has 2 aromatic rings. The van der Waals surface area contributed by atoms with Crippen LogP contribution in [0.4, 0.5) is 5.82 Å². The number of aromatic nitrogens is 1. The molecule has 0 bridgehead atoms. The molecule has 0 unspecified atom stereocenters. The van der Waals surface area contributed by atoms with Crippen molar-refractivity contribution in [2.75, 3.05) is 31.9 Å². The number of carbonyl (C=O) groups excluding carboxylic acids is 1. The summed E-state index contributed by atoms with van der Waals surface area (Å²) in [5.41, 5.74) is 7.40. The van der Waals surface area contributed by atoms with E-state index in [0.29, 0.717) is 23.8 Å². The molecule has 0 aliphatic carbocycles. The van der Waals surface area contributed by atoms with Gasteiger partial charge in [-0.05, 0) is 36.6 Å². The van der Waals surface area contributed by atoms with Gasteiger partial charge in [-0.2, -0.15) is 0 Å². The molecule has 5 nitrogen and oxygen atoms in total. The van der Waals surface area contributed by atoms with Crippen molar-refractivity contribution in [3.8, 4) is 0 Å². The van der Waals surface area contributed by atoms with E-state index in [2.05, 4.69) is 39.5 Å². The van der Waals surface area contributed by atoms with E-state index in [4.69, 9.17) is 5.73 Å². The van der Waals surface area contributed by atoms with E-state index in [1.165, 1.54) is 5.56 Å². The first-order chi connectivity index (χ1) is 12.2. The summed E-state index contributed by atoms with van der Waals surface area (Å²) in [5, 5.41) is 3.00. The zero-order chi connectivity index (χ0) is 17.5. The number of anilines is 1. The fourth-order valence-corrected chi connectivity index (χ4v) is 3.08. The SMILES string of the molecule is Nc1cc(C(=O)NC[C@@H]2CCN(C/C=C/c3ccccc3)C2)ccn1. The average molecular weight is 336 g/mol. The molecule has 1 aromatic heterocycles. The van der Waals surface area contributed by atoms with Gasteiger partial charge in [0, 0.05) is 31.4 Å². The van der Waals surface area contributed by atoms with Crippen molar-refractivity contribution in [3.63, 3.8) is 0 Å². The van der Waals surface area contributed by atoms with Gasteiger partial charge < -0.3 is 11.1 Å². The number of hydrogen-bond donors (Lipinski definition) is 2. The zero-order valence-electron chi connectivity index (χ0n) is 14.3. The molecule has 3 rings (SSSR count). The Hall–Kier alpha value is -2.66. The topological polar surface area (TPSA) is 71.2 Å². The molecule has 1 fully saturated rings. The number of amides is 1. The predicted octanol–water partition coefficient (Wildman–Crippen LogP) is 2.43. The number of rotatable bonds is 6. The average Bonchev–Trinajstić information content (AvgIpc) is 3.08. The van der Waals surface area contributed by atoms with Crippen LogP contribution in [0.5, 0.6) is 0 Å². The Morgan fingerprint density at radius 2 is 2.16 bits per heavy atom. The molecule has 2 heterocycles. The minimum Gasteiger partial charge on any atom is -0.384 e. The lowest BCUT2D eigenvalue weighted by Gasteiger charge is -2.14. The molecule has 1 atom stereocenters. The molecule has 25 heavy (non-hydrogen) atoms. The van der Waals surface area contributed by atoms with Crippen LogP contribution in [-0.4, -0.2) is 42.0 Å². The number of likely N-dealkylation sites (tertiary alicyclic amines) is 1. The number of nitrogens with two attached hydrogens (primary N) is 1. The summed E-state index contributed by atoms with van der Waals surface area (Å²) in [6.07, 6.45) is 7.03. The van der Waals surface area contributed by atoms with Gasteiger partial charge in [0.25, 0.3) is 5.91 Å². The second-order valence-corrected chi connectivity index (χ2v) is 6.41. The quantitative estimate of drug-likeness (QED) is 0.850. The van der Waals surface area contributed by atoms with Crippen LogP contribution in [0, 0.1) is 5.92 Å². The Bertz CT molecular complexity index is 729. The van der Waals surface area contributed by atoms with Gasteiger partial charge in [-0.3, -0.25) is 9.69 Å². The Balaban J connectivity index is 1.41. The number of nitrogen functional groups attached to an aromatic ring is 1. The predicted molar refractivity (Wildman–Crippen MR) is 101 cm³/mol. The van der Waals surface area contributed by atoms with E-state index in [0.717, 1.165) is 26.1 Å². The van der Waals surface area contributed by atoms with E-state index in [1.54, 1.807) is 18.3 Å². The first-order valence-corrected chi connectivity index (χ1v) is 8.64. The first kappa shape index (κ1) is 17.2. The second kappa shape index (κ2) is 8.44. The minimum absolute atomic E-state index is 0.0866. The number of benzene rings is 1. The summed E-state index contributed by atoms with van der Waals surface area (Å²) >= 11 is 0. The van der Waals surface area contributed by atoms with Gasteiger partial charge in [-0.15, -0.1) is 0 Å². The molecule has 0 saturated carbocycles. The summed E-state index contributed by atoms with van der Waals surface area (Å²) in [4.78, 5) is 18.5. The molecule has 1 aromatic carbocycles. The fourth-order valence-electron chi connectivity index (χ4n) is 3.08. The molecule has 1 aliphatic rings. The number of pyridine rings is 1. The third-order valence-electron chi connectivity index (χ3n) is 4.44. The number of hydrogen-bond acceptors (Lipinski definition) is 4. The van der Waals surface area contributed by atoms with Crippen molar-refractivity contribution in [3.05, 3.63) is 65.9 Å². The molecule has 0 spiro atoms. The standard InChI is InChI=1S/C20H24N4O/c21-19-13-18(8-10-22-19)20(25)23-14-17-9-12-24(15-17)11-4-7-16-5-2-1-3-6-16/h1-8,10,13,17H,9,11-12,14-15H2,(H2,21,22)(H,23,25)/b7-4+/t17-/m0/s1. The Kier molecular flexibility index (Phi) is 5.80. The monoisotopic (exact) mass is 336 g/mol. The molecule has 1 saturated heterocycles. The Morgan fingerprint density at radius 3 is 2.96 bits per heavy atom. The van der Waals surface area contributed by atoms with Crippen molar-refractivity contribution in [2.45, 2.75) is 6.42 Å². The van der Waals surface area contributed by atoms with E-state index < -0.39 is 0 Å². The van der Waals surface area contributed by atoms with Crippen LogP contribution in [0.2, 0.25) is 0 Å². The molecule has 130 valence electrons. The van der Waals surface area contributed by atoms with Gasteiger partial charge in [0.05, 0.1) is 0 Å². The highest BCUT2D eigenvalue weighted by atomic mass is 16.1. The summed E-state index contributed by atoms with van der Waals surface area (Å²) in [6, 6.07) is 13.6. The first-order valence-electron chi connectivity index (χ1n) is 8.64. The van der Waals surface area contributed by atoms with Crippen molar-refractivity contribution in [1.82, 2.24) is 15.2 Å². The Labute approximate surface area is 148 Å².